The highest BCUT2D eigenvalue weighted by Gasteiger charge is 2.22. The van der Waals surface area contributed by atoms with Crippen LogP contribution in [-0.4, -0.2) is 58.4 Å². The minimum Gasteiger partial charge on any atom is -0.361 e. The van der Waals surface area contributed by atoms with Gasteiger partial charge in [0.2, 0.25) is 0 Å². The number of aromatic nitrogens is 2. The number of hydrogen-bond acceptors (Lipinski definition) is 2. The van der Waals surface area contributed by atoms with Crippen molar-refractivity contribution in [1.29, 1.82) is 0 Å². The highest BCUT2D eigenvalue weighted by Crippen LogP contribution is 2.33. The first-order chi connectivity index (χ1) is 17.0. The van der Waals surface area contributed by atoms with E-state index >= 15 is 0 Å². The van der Waals surface area contributed by atoms with E-state index in [9.17, 15) is 9.18 Å². The number of nitrogens with zero attached hydrogens (tertiary/aromatic N) is 2. The van der Waals surface area contributed by atoms with Gasteiger partial charge in [-0.15, -0.1) is 0 Å². The van der Waals surface area contributed by atoms with E-state index in [0.717, 1.165) is 48.9 Å². The number of benzene rings is 2. The van der Waals surface area contributed by atoms with Crippen molar-refractivity contribution < 1.29 is 9.18 Å². The summed E-state index contributed by atoms with van der Waals surface area (Å²) in [7, 11) is 0. The first-order valence-electron chi connectivity index (χ1n) is 12.9. The SMILES string of the molecule is CCN1CCC(c2c[nH]c3cc(F)ccc23)CC1.Cc1ccc2cc(C(=O)N3CCCC3)[nH]c2c1. The molecule has 0 spiro atoms. The molecule has 2 aliphatic heterocycles. The van der Waals surface area contributed by atoms with E-state index in [1.165, 1.54) is 42.4 Å². The molecule has 0 aliphatic carbocycles. The topological polar surface area (TPSA) is 55.1 Å². The van der Waals surface area contributed by atoms with Gasteiger partial charge in [0.15, 0.2) is 0 Å². The predicted octanol–water partition coefficient (Wildman–Crippen LogP) is 6.22. The van der Waals surface area contributed by atoms with Crippen LogP contribution in [0.4, 0.5) is 4.39 Å². The van der Waals surface area contributed by atoms with Crippen LogP contribution < -0.4 is 0 Å². The van der Waals surface area contributed by atoms with Crippen molar-refractivity contribution in [3.8, 4) is 0 Å². The second-order valence-corrected chi connectivity index (χ2v) is 9.92. The molecule has 0 atom stereocenters. The standard InChI is InChI=1S/C15H19FN2.C14H16N2O/c1-2-18-7-5-11(6-8-18)14-10-17-15-9-12(16)3-4-13(14)15;1-10-4-5-11-9-13(15-12(11)8-10)14(17)16-6-2-3-7-16/h3-4,9-11,17H,2,5-8H2,1H3;4-5,8-9,15H,2-3,6-7H2,1H3. The zero-order valence-electron chi connectivity index (χ0n) is 20.7. The second-order valence-electron chi connectivity index (χ2n) is 9.92. The molecule has 2 fully saturated rings. The molecule has 0 radical (unpaired) electrons. The smallest absolute Gasteiger partial charge is 0.270 e. The molecule has 184 valence electrons. The lowest BCUT2D eigenvalue weighted by Gasteiger charge is -2.30. The van der Waals surface area contributed by atoms with Gasteiger partial charge in [-0.25, -0.2) is 4.39 Å². The summed E-state index contributed by atoms with van der Waals surface area (Å²) in [5.74, 6) is 0.583. The number of H-pyrrole nitrogens is 2. The number of carbonyl (C=O) groups excluding carboxylic acids is 1. The van der Waals surface area contributed by atoms with Crippen molar-refractivity contribution in [2.45, 2.75) is 45.4 Å². The zero-order chi connectivity index (χ0) is 24.4. The molecular formula is C29H35FN4O. The number of piperidine rings is 1. The van der Waals surface area contributed by atoms with Crippen molar-refractivity contribution in [3.05, 3.63) is 71.3 Å². The van der Waals surface area contributed by atoms with Gasteiger partial charge in [-0.2, -0.15) is 0 Å². The van der Waals surface area contributed by atoms with Crippen molar-refractivity contribution in [2.24, 2.45) is 0 Å². The molecule has 2 aromatic heterocycles. The van der Waals surface area contributed by atoms with E-state index in [1.807, 2.05) is 17.0 Å². The van der Waals surface area contributed by atoms with Gasteiger partial charge in [-0.3, -0.25) is 4.79 Å². The number of fused-ring (bicyclic) bond motifs is 2. The molecule has 4 heterocycles. The Morgan fingerprint density at radius 3 is 2.51 bits per heavy atom. The van der Waals surface area contributed by atoms with Gasteiger partial charge in [0, 0.05) is 41.1 Å². The van der Waals surface area contributed by atoms with Crippen molar-refractivity contribution in [1.82, 2.24) is 19.8 Å². The van der Waals surface area contributed by atoms with Crippen molar-refractivity contribution >= 4 is 27.7 Å². The largest absolute Gasteiger partial charge is 0.361 e. The molecule has 0 saturated carbocycles. The number of aromatic amines is 2. The third-order valence-electron chi connectivity index (χ3n) is 7.55. The third-order valence-corrected chi connectivity index (χ3v) is 7.55. The summed E-state index contributed by atoms with van der Waals surface area (Å²) in [6.45, 7) is 9.56. The minimum absolute atomic E-state index is 0.136. The Morgan fingerprint density at radius 1 is 1.00 bits per heavy atom. The molecule has 6 rings (SSSR count). The summed E-state index contributed by atoms with van der Waals surface area (Å²) in [5.41, 5.74) is 5.25. The van der Waals surface area contributed by atoms with Gasteiger partial charge in [0.25, 0.3) is 5.91 Å². The highest BCUT2D eigenvalue weighted by molar-refractivity contribution is 5.98. The van der Waals surface area contributed by atoms with Crippen LogP contribution in [0, 0.1) is 12.7 Å². The summed E-state index contributed by atoms with van der Waals surface area (Å²) in [5, 5.41) is 2.30. The average Bonchev–Trinajstić information content (AvgIpc) is 3.63. The van der Waals surface area contributed by atoms with E-state index in [-0.39, 0.29) is 11.7 Å². The van der Waals surface area contributed by atoms with Gasteiger partial charge in [0.05, 0.1) is 0 Å². The Bertz CT molecular complexity index is 1310. The van der Waals surface area contributed by atoms with Crippen LogP contribution in [0.5, 0.6) is 0 Å². The van der Waals surface area contributed by atoms with Gasteiger partial charge in [-0.05, 0) is 99.6 Å². The lowest BCUT2D eigenvalue weighted by atomic mass is 9.89. The Labute approximate surface area is 206 Å². The van der Waals surface area contributed by atoms with E-state index in [0.29, 0.717) is 11.6 Å². The monoisotopic (exact) mass is 474 g/mol. The molecule has 35 heavy (non-hydrogen) atoms. The lowest BCUT2D eigenvalue weighted by Crippen LogP contribution is -2.32. The van der Waals surface area contributed by atoms with Crippen molar-refractivity contribution in [3.63, 3.8) is 0 Å². The second kappa shape index (κ2) is 10.2. The number of nitrogens with one attached hydrogen (secondary N) is 2. The molecular weight excluding hydrogens is 439 g/mol. The lowest BCUT2D eigenvalue weighted by molar-refractivity contribution is 0.0788. The fraction of sp³-hybridized carbons (Fsp3) is 0.414. The maximum absolute atomic E-state index is 13.2. The first-order valence-corrected chi connectivity index (χ1v) is 12.9. The van der Waals surface area contributed by atoms with E-state index in [1.54, 1.807) is 12.1 Å². The molecule has 2 N–H and O–H groups in total. The number of rotatable bonds is 3. The first kappa shape index (κ1) is 23.6. The molecule has 1 amide bonds. The van der Waals surface area contributed by atoms with Crippen LogP contribution >= 0.6 is 0 Å². The molecule has 5 nitrogen and oxygen atoms in total. The number of carbonyl (C=O) groups is 1. The zero-order valence-corrected chi connectivity index (χ0v) is 20.7. The summed E-state index contributed by atoms with van der Waals surface area (Å²) in [6, 6.07) is 13.2. The molecule has 2 aromatic carbocycles. The fourth-order valence-electron chi connectivity index (χ4n) is 5.47. The normalized spacial score (nSPS) is 17.2. The summed E-state index contributed by atoms with van der Waals surface area (Å²) < 4.78 is 13.2. The van der Waals surface area contributed by atoms with Crippen molar-refractivity contribution in [2.75, 3.05) is 32.7 Å². The van der Waals surface area contributed by atoms with Crippen LogP contribution in [0.3, 0.4) is 0 Å². The van der Waals surface area contributed by atoms with E-state index in [2.05, 4.69) is 53.1 Å². The average molecular weight is 475 g/mol. The molecule has 0 bridgehead atoms. The number of amides is 1. The van der Waals surface area contributed by atoms with Gasteiger partial charge in [-0.1, -0.05) is 19.1 Å². The number of hydrogen-bond donors (Lipinski definition) is 2. The predicted molar refractivity (Wildman–Crippen MR) is 141 cm³/mol. The molecule has 6 heteroatoms. The Kier molecular flexibility index (Phi) is 6.91. The minimum atomic E-state index is -0.170. The van der Waals surface area contributed by atoms with Gasteiger partial charge < -0.3 is 19.8 Å². The maximum atomic E-state index is 13.2. The van der Waals surface area contributed by atoms with Gasteiger partial charge >= 0.3 is 0 Å². The summed E-state index contributed by atoms with van der Waals surface area (Å²) >= 11 is 0. The number of likely N-dealkylation sites (tertiary alicyclic amines) is 2. The number of halogens is 1. The van der Waals surface area contributed by atoms with Crippen LogP contribution in [0.25, 0.3) is 21.8 Å². The Balaban J connectivity index is 0.000000145. The summed E-state index contributed by atoms with van der Waals surface area (Å²) in [6.07, 6.45) is 6.74. The van der Waals surface area contributed by atoms with Crippen LogP contribution in [0.15, 0.2) is 48.7 Å². The van der Waals surface area contributed by atoms with E-state index in [4.69, 9.17) is 0 Å². The van der Waals surface area contributed by atoms with Crippen LogP contribution in [0.1, 0.15) is 60.1 Å². The molecule has 2 aliphatic rings. The number of aryl methyl sites for hydroxylation is 1. The van der Waals surface area contributed by atoms with E-state index < -0.39 is 0 Å². The Morgan fingerprint density at radius 2 is 1.77 bits per heavy atom. The molecule has 0 unspecified atom stereocenters. The third kappa shape index (κ3) is 5.13. The quantitative estimate of drug-likeness (QED) is 0.370. The van der Waals surface area contributed by atoms with Crippen LogP contribution in [0.2, 0.25) is 0 Å². The highest BCUT2D eigenvalue weighted by atomic mass is 19.1. The van der Waals surface area contributed by atoms with Gasteiger partial charge in [0.1, 0.15) is 11.5 Å². The van der Waals surface area contributed by atoms with Crippen LogP contribution in [-0.2, 0) is 0 Å². The maximum Gasteiger partial charge on any atom is 0.270 e. The Hall–Kier alpha value is -3.12. The molecule has 4 aromatic rings. The fourth-order valence-corrected chi connectivity index (χ4v) is 5.47. The molecule has 2 saturated heterocycles. The summed E-state index contributed by atoms with van der Waals surface area (Å²) in [4.78, 5) is 23.0.